The van der Waals surface area contributed by atoms with E-state index in [1.165, 1.54) is 0 Å². The minimum Gasteiger partial charge on any atom is -0.394 e. The van der Waals surface area contributed by atoms with Gasteiger partial charge in [0.25, 0.3) is 0 Å². The molecule has 1 rings (SSSR count). The number of nitrogens with one attached hydrogen (secondary N) is 2. The van der Waals surface area contributed by atoms with Gasteiger partial charge in [0.15, 0.2) is 17.5 Å². The summed E-state index contributed by atoms with van der Waals surface area (Å²) < 4.78 is 38.8. The van der Waals surface area contributed by atoms with E-state index >= 15 is 0 Å². The number of anilines is 1. The molecular formula is C14H17F3N2O3. The first kappa shape index (κ1) is 18.0. The van der Waals surface area contributed by atoms with Gasteiger partial charge in [-0.2, -0.15) is 0 Å². The molecular weight excluding hydrogens is 301 g/mol. The fraction of sp³-hybridized carbons (Fsp3) is 0.429. The Labute approximate surface area is 125 Å². The van der Waals surface area contributed by atoms with E-state index in [0.717, 1.165) is 0 Å². The van der Waals surface area contributed by atoms with Crippen molar-refractivity contribution in [3.63, 3.8) is 0 Å². The molecule has 3 N–H and O–H groups in total. The topological polar surface area (TPSA) is 78.4 Å². The number of amides is 2. The maximum absolute atomic E-state index is 13.0. The highest BCUT2D eigenvalue weighted by atomic mass is 19.2. The average Bonchev–Trinajstić information content (AvgIpc) is 2.43. The molecule has 0 aliphatic carbocycles. The summed E-state index contributed by atoms with van der Waals surface area (Å²) in [4.78, 5) is 23.3. The van der Waals surface area contributed by atoms with E-state index in [4.69, 9.17) is 5.11 Å². The molecule has 0 radical (unpaired) electrons. The lowest BCUT2D eigenvalue weighted by molar-refractivity contribution is -0.136. The Morgan fingerprint density at radius 1 is 1.14 bits per heavy atom. The van der Waals surface area contributed by atoms with Crippen LogP contribution in [0.25, 0.3) is 0 Å². The number of carbonyl (C=O) groups is 2. The van der Waals surface area contributed by atoms with Crippen molar-refractivity contribution in [1.29, 1.82) is 0 Å². The molecule has 8 heteroatoms. The smallest absolute Gasteiger partial charge is 0.313 e. The second-order valence-electron chi connectivity index (χ2n) is 5.19. The van der Waals surface area contributed by atoms with E-state index < -0.39 is 35.3 Å². The molecule has 1 aromatic rings. The van der Waals surface area contributed by atoms with Crippen molar-refractivity contribution in [2.24, 2.45) is 5.92 Å². The Bertz CT molecular complexity index is 541. The highest BCUT2D eigenvalue weighted by Gasteiger charge is 2.20. The maximum atomic E-state index is 13.0. The second kappa shape index (κ2) is 7.79. The number of halogens is 3. The maximum Gasteiger partial charge on any atom is 0.313 e. The molecule has 122 valence electrons. The largest absolute Gasteiger partial charge is 0.394 e. The van der Waals surface area contributed by atoms with Gasteiger partial charge in [0.2, 0.25) is 0 Å². The van der Waals surface area contributed by atoms with Crippen molar-refractivity contribution in [2.75, 3.05) is 11.9 Å². The van der Waals surface area contributed by atoms with Crippen LogP contribution in [0.4, 0.5) is 18.9 Å². The van der Waals surface area contributed by atoms with Crippen molar-refractivity contribution in [3.8, 4) is 0 Å². The molecule has 0 spiro atoms. The molecule has 22 heavy (non-hydrogen) atoms. The van der Waals surface area contributed by atoms with E-state index in [0.29, 0.717) is 18.6 Å². The van der Waals surface area contributed by atoms with Crippen LogP contribution < -0.4 is 10.6 Å². The number of hydrogen-bond acceptors (Lipinski definition) is 3. The SMILES string of the molecule is CC(C)CC(CO)NC(=O)C(=O)Nc1cc(F)c(F)c(F)c1. The van der Waals surface area contributed by atoms with Gasteiger partial charge in [-0.15, -0.1) is 0 Å². The summed E-state index contributed by atoms with van der Waals surface area (Å²) in [6.07, 6.45) is 0.454. The zero-order chi connectivity index (χ0) is 16.9. The summed E-state index contributed by atoms with van der Waals surface area (Å²) in [6, 6.07) is 0.502. The number of benzene rings is 1. The summed E-state index contributed by atoms with van der Waals surface area (Å²) in [5, 5.41) is 13.4. The lowest BCUT2D eigenvalue weighted by Crippen LogP contribution is -2.44. The van der Waals surface area contributed by atoms with Crippen molar-refractivity contribution < 1.29 is 27.9 Å². The first-order chi connectivity index (χ1) is 10.2. The summed E-state index contributed by atoms with van der Waals surface area (Å²) in [5.41, 5.74) is -0.388. The number of hydrogen-bond donors (Lipinski definition) is 3. The van der Waals surface area contributed by atoms with Gasteiger partial charge in [0.05, 0.1) is 12.6 Å². The Balaban J connectivity index is 2.70. The molecule has 0 saturated carbocycles. The van der Waals surface area contributed by atoms with Crippen LogP contribution in [0.1, 0.15) is 20.3 Å². The normalized spacial score (nSPS) is 12.1. The number of aliphatic hydroxyl groups is 1. The molecule has 1 unspecified atom stereocenters. The van der Waals surface area contributed by atoms with Gasteiger partial charge in [-0.05, 0) is 12.3 Å². The fourth-order valence-electron chi connectivity index (χ4n) is 1.81. The molecule has 0 heterocycles. The average molecular weight is 318 g/mol. The standard InChI is InChI=1S/C14H17F3N2O3/c1-7(2)3-9(6-20)19-14(22)13(21)18-8-4-10(15)12(17)11(16)5-8/h4-5,7,9,20H,3,6H2,1-2H3,(H,18,21)(H,19,22). The van der Waals surface area contributed by atoms with Crippen molar-refractivity contribution in [1.82, 2.24) is 5.32 Å². The second-order valence-corrected chi connectivity index (χ2v) is 5.19. The number of aliphatic hydroxyl groups excluding tert-OH is 1. The number of carbonyl (C=O) groups excluding carboxylic acids is 2. The van der Waals surface area contributed by atoms with Gasteiger partial charge in [-0.25, -0.2) is 13.2 Å². The van der Waals surface area contributed by atoms with Crippen LogP contribution in [0.3, 0.4) is 0 Å². The third kappa shape index (κ3) is 5.03. The summed E-state index contributed by atoms with van der Waals surface area (Å²) in [7, 11) is 0. The van der Waals surface area contributed by atoms with Crippen LogP contribution in [0.2, 0.25) is 0 Å². The Morgan fingerprint density at radius 3 is 2.14 bits per heavy atom. The van der Waals surface area contributed by atoms with Gasteiger partial charge in [0.1, 0.15) is 0 Å². The first-order valence-corrected chi connectivity index (χ1v) is 6.61. The summed E-state index contributed by atoms with van der Waals surface area (Å²) >= 11 is 0. The molecule has 5 nitrogen and oxygen atoms in total. The minimum absolute atomic E-state index is 0.181. The van der Waals surface area contributed by atoms with Crippen molar-refractivity contribution in [3.05, 3.63) is 29.6 Å². The molecule has 1 aromatic carbocycles. The minimum atomic E-state index is -1.67. The van der Waals surface area contributed by atoms with Gasteiger partial charge < -0.3 is 15.7 Å². The third-order valence-electron chi connectivity index (χ3n) is 2.76. The zero-order valence-corrected chi connectivity index (χ0v) is 12.1. The van der Waals surface area contributed by atoms with Gasteiger partial charge in [0, 0.05) is 17.8 Å². The quantitative estimate of drug-likeness (QED) is 0.569. The lowest BCUT2D eigenvalue weighted by Gasteiger charge is -2.17. The molecule has 0 aliphatic heterocycles. The molecule has 0 bridgehead atoms. The molecule has 0 aliphatic rings. The monoisotopic (exact) mass is 318 g/mol. The van der Waals surface area contributed by atoms with Crippen molar-refractivity contribution in [2.45, 2.75) is 26.3 Å². The van der Waals surface area contributed by atoms with Crippen LogP contribution >= 0.6 is 0 Å². The first-order valence-electron chi connectivity index (χ1n) is 6.61. The van der Waals surface area contributed by atoms with E-state index in [9.17, 15) is 22.8 Å². The van der Waals surface area contributed by atoms with Crippen LogP contribution in [0.5, 0.6) is 0 Å². The predicted molar refractivity (Wildman–Crippen MR) is 73.4 cm³/mol. The summed E-state index contributed by atoms with van der Waals surface area (Å²) in [6.45, 7) is 3.40. The van der Waals surface area contributed by atoms with Gasteiger partial charge >= 0.3 is 11.8 Å². The van der Waals surface area contributed by atoms with Crippen molar-refractivity contribution >= 4 is 17.5 Å². The van der Waals surface area contributed by atoms with Gasteiger partial charge in [-0.3, -0.25) is 9.59 Å². The molecule has 0 aromatic heterocycles. The van der Waals surface area contributed by atoms with Crippen LogP contribution in [-0.2, 0) is 9.59 Å². The highest BCUT2D eigenvalue weighted by Crippen LogP contribution is 2.17. The molecule has 0 fully saturated rings. The molecule has 1 atom stereocenters. The van der Waals surface area contributed by atoms with E-state index in [1.807, 2.05) is 19.2 Å². The zero-order valence-electron chi connectivity index (χ0n) is 12.1. The Kier molecular flexibility index (Phi) is 6.36. The van der Waals surface area contributed by atoms with E-state index in [1.54, 1.807) is 0 Å². The summed E-state index contributed by atoms with van der Waals surface area (Å²) in [5.74, 6) is -6.69. The lowest BCUT2D eigenvalue weighted by atomic mass is 10.0. The fourth-order valence-corrected chi connectivity index (χ4v) is 1.81. The Hall–Kier alpha value is -2.09. The van der Waals surface area contributed by atoms with Gasteiger partial charge in [-0.1, -0.05) is 13.8 Å². The number of rotatable bonds is 5. The molecule has 0 saturated heterocycles. The van der Waals surface area contributed by atoms with Crippen LogP contribution in [-0.4, -0.2) is 29.6 Å². The van der Waals surface area contributed by atoms with Crippen LogP contribution in [0, 0.1) is 23.4 Å². The predicted octanol–water partition coefficient (Wildman–Crippen LogP) is 1.57. The highest BCUT2D eigenvalue weighted by molar-refractivity contribution is 6.39. The van der Waals surface area contributed by atoms with Crippen LogP contribution in [0.15, 0.2) is 12.1 Å². The van der Waals surface area contributed by atoms with E-state index in [2.05, 4.69) is 5.32 Å². The molecule has 2 amide bonds. The van der Waals surface area contributed by atoms with E-state index in [-0.39, 0.29) is 18.2 Å². The Morgan fingerprint density at radius 2 is 1.68 bits per heavy atom. The third-order valence-corrected chi connectivity index (χ3v) is 2.76.